The van der Waals surface area contributed by atoms with Crippen molar-refractivity contribution in [2.24, 2.45) is 11.8 Å². The molecule has 0 unspecified atom stereocenters. The van der Waals surface area contributed by atoms with Crippen LogP contribution in [0.1, 0.15) is 39.0 Å². The maximum absolute atomic E-state index is 13.5. The first kappa shape index (κ1) is 24.7. The molecular weight excluding hydrogens is 450 g/mol. The van der Waals surface area contributed by atoms with Gasteiger partial charge in [0.2, 0.25) is 11.8 Å². The zero-order valence-electron chi connectivity index (χ0n) is 20.1. The molecule has 0 atom stereocenters. The van der Waals surface area contributed by atoms with E-state index in [2.05, 4.69) is 10.00 Å². The highest BCUT2D eigenvalue weighted by atomic mass is 35.5. The minimum Gasteiger partial charge on any atom is -0.343 e. The summed E-state index contributed by atoms with van der Waals surface area (Å²) < 4.78 is 2.04. The van der Waals surface area contributed by atoms with Crippen LogP contribution < -0.4 is 4.90 Å². The Morgan fingerprint density at radius 3 is 2.50 bits per heavy atom. The van der Waals surface area contributed by atoms with E-state index >= 15 is 0 Å². The predicted molar refractivity (Wildman–Crippen MR) is 135 cm³/mol. The van der Waals surface area contributed by atoms with E-state index < -0.39 is 0 Å². The average Bonchev–Trinajstić information content (AvgIpc) is 3.35. The van der Waals surface area contributed by atoms with Gasteiger partial charge in [0.15, 0.2) is 0 Å². The van der Waals surface area contributed by atoms with Crippen LogP contribution in [-0.2, 0) is 16.1 Å². The van der Waals surface area contributed by atoms with Gasteiger partial charge in [0.25, 0.3) is 0 Å². The molecule has 2 aliphatic rings. The predicted octanol–water partition coefficient (Wildman–Crippen LogP) is 3.93. The summed E-state index contributed by atoms with van der Waals surface area (Å²) in [7, 11) is 0. The van der Waals surface area contributed by atoms with E-state index in [-0.39, 0.29) is 17.7 Å². The number of aromatic nitrogens is 2. The normalized spacial score (nSPS) is 18.2. The van der Waals surface area contributed by atoms with Gasteiger partial charge >= 0.3 is 0 Å². The summed E-state index contributed by atoms with van der Waals surface area (Å²) in [5.74, 6) is 0.878. The molecule has 3 heterocycles. The Kier molecular flexibility index (Phi) is 8.62. The molecule has 7 nitrogen and oxygen atoms in total. The molecule has 2 aromatic rings. The van der Waals surface area contributed by atoms with Gasteiger partial charge in [-0.15, -0.1) is 0 Å². The van der Waals surface area contributed by atoms with E-state index in [4.69, 9.17) is 11.6 Å². The monoisotopic (exact) mass is 485 g/mol. The summed E-state index contributed by atoms with van der Waals surface area (Å²) >= 11 is 6.26. The lowest BCUT2D eigenvalue weighted by atomic mass is 9.94. The lowest BCUT2D eigenvalue weighted by Crippen LogP contribution is -2.45. The van der Waals surface area contributed by atoms with Gasteiger partial charge in [-0.2, -0.15) is 5.10 Å². The number of likely N-dealkylation sites (tertiary alicyclic amines) is 2. The van der Waals surface area contributed by atoms with Gasteiger partial charge in [0.05, 0.1) is 0 Å². The smallest absolute Gasteiger partial charge is 0.230 e. The standard InChI is InChI=1S/C26H36ClN5O2/c1-21(33)30-17-9-23(10-18-30)26(34)32(25-6-2-5-24(27)19-25)14-4-12-29-15-7-22(8-16-29)20-31-13-3-11-28-31/h2-3,5-6,11,13,19,22-23H,4,7-10,12,14-18,20H2,1H3. The lowest BCUT2D eigenvalue weighted by Gasteiger charge is -2.35. The summed E-state index contributed by atoms with van der Waals surface area (Å²) in [6.07, 6.45) is 8.62. The van der Waals surface area contributed by atoms with Crippen LogP contribution in [0.5, 0.6) is 0 Å². The highest BCUT2D eigenvalue weighted by Gasteiger charge is 2.30. The van der Waals surface area contributed by atoms with Gasteiger partial charge in [0.1, 0.15) is 0 Å². The van der Waals surface area contributed by atoms with Crippen molar-refractivity contribution in [3.05, 3.63) is 47.7 Å². The summed E-state index contributed by atoms with van der Waals surface area (Å²) in [6.45, 7) is 7.77. The number of carbonyl (C=O) groups excluding carboxylic acids is 2. The van der Waals surface area contributed by atoms with E-state index in [1.165, 1.54) is 12.8 Å². The van der Waals surface area contributed by atoms with Gasteiger partial charge in [-0.05, 0) is 81.9 Å². The van der Waals surface area contributed by atoms with Gasteiger partial charge in [0, 0.05) is 62.1 Å². The van der Waals surface area contributed by atoms with E-state index in [1.807, 2.05) is 57.2 Å². The minimum absolute atomic E-state index is 0.0485. The molecule has 0 saturated carbocycles. The maximum atomic E-state index is 13.5. The fraction of sp³-hybridized carbons (Fsp3) is 0.577. The number of carbonyl (C=O) groups is 2. The Hall–Kier alpha value is -2.38. The molecule has 2 aliphatic heterocycles. The Balaban J connectivity index is 1.30. The van der Waals surface area contributed by atoms with Crippen molar-refractivity contribution in [1.82, 2.24) is 19.6 Å². The maximum Gasteiger partial charge on any atom is 0.230 e. The van der Waals surface area contributed by atoms with E-state index in [0.29, 0.717) is 30.6 Å². The molecule has 8 heteroatoms. The summed E-state index contributed by atoms with van der Waals surface area (Å²) in [4.78, 5) is 31.5. The fourth-order valence-corrected chi connectivity index (χ4v) is 5.37. The molecule has 34 heavy (non-hydrogen) atoms. The third kappa shape index (κ3) is 6.60. The topological polar surface area (TPSA) is 61.7 Å². The average molecular weight is 486 g/mol. The van der Waals surface area contributed by atoms with Crippen molar-refractivity contribution in [3.63, 3.8) is 0 Å². The zero-order chi connectivity index (χ0) is 23.9. The first-order valence-corrected chi connectivity index (χ1v) is 12.9. The van der Waals surface area contributed by atoms with Crippen molar-refractivity contribution >= 4 is 29.1 Å². The van der Waals surface area contributed by atoms with Crippen LogP contribution in [0.25, 0.3) is 0 Å². The molecule has 0 aliphatic carbocycles. The quantitative estimate of drug-likeness (QED) is 0.568. The van der Waals surface area contributed by atoms with E-state index in [1.54, 1.807) is 6.92 Å². The van der Waals surface area contributed by atoms with Crippen molar-refractivity contribution < 1.29 is 9.59 Å². The van der Waals surface area contributed by atoms with Crippen molar-refractivity contribution in [2.75, 3.05) is 44.2 Å². The molecule has 4 rings (SSSR count). The molecule has 2 fully saturated rings. The number of rotatable bonds is 8. The second-order valence-electron chi connectivity index (χ2n) is 9.62. The van der Waals surface area contributed by atoms with Crippen molar-refractivity contribution in [3.8, 4) is 0 Å². The largest absolute Gasteiger partial charge is 0.343 e. The highest BCUT2D eigenvalue weighted by Crippen LogP contribution is 2.26. The van der Waals surface area contributed by atoms with Gasteiger partial charge in [-0.1, -0.05) is 17.7 Å². The van der Waals surface area contributed by atoms with Crippen LogP contribution in [0.4, 0.5) is 5.69 Å². The molecule has 2 amide bonds. The van der Waals surface area contributed by atoms with Crippen molar-refractivity contribution in [1.29, 1.82) is 0 Å². The number of amides is 2. The molecule has 184 valence electrons. The number of benzene rings is 1. The number of hydrogen-bond acceptors (Lipinski definition) is 4. The van der Waals surface area contributed by atoms with Crippen LogP contribution in [-0.4, -0.2) is 70.7 Å². The molecular formula is C26H36ClN5O2. The Morgan fingerprint density at radius 1 is 1.09 bits per heavy atom. The Bertz CT molecular complexity index is 934. The van der Waals surface area contributed by atoms with E-state index in [9.17, 15) is 9.59 Å². The molecule has 0 N–H and O–H groups in total. The number of nitrogens with zero attached hydrogens (tertiary/aromatic N) is 5. The summed E-state index contributed by atoms with van der Waals surface area (Å²) in [5.41, 5.74) is 0.865. The fourth-order valence-electron chi connectivity index (χ4n) is 5.19. The lowest BCUT2D eigenvalue weighted by molar-refractivity contribution is -0.133. The number of anilines is 1. The third-order valence-electron chi connectivity index (χ3n) is 7.24. The van der Waals surface area contributed by atoms with Crippen LogP contribution in [0.15, 0.2) is 42.7 Å². The first-order chi connectivity index (χ1) is 16.5. The second kappa shape index (κ2) is 11.8. The SMILES string of the molecule is CC(=O)N1CCC(C(=O)N(CCCN2CCC(Cn3cccn3)CC2)c2cccc(Cl)c2)CC1. The Labute approximate surface area is 207 Å². The summed E-state index contributed by atoms with van der Waals surface area (Å²) in [6, 6.07) is 9.57. The zero-order valence-corrected chi connectivity index (χ0v) is 20.9. The number of hydrogen-bond donors (Lipinski definition) is 0. The first-order valence-electron chi connectivity index (χ1n) is 12.5. The molecule has 1 aromatic carbocycles. The molecule has 0 bridgehead atoms. The van der Waals surface area contributed by atoms with Crippen LogP contribution >= 0.6 is 11.6 Å². The van der Waals surface area contributed by atoms with E-state index in [0.717, 1.165) is 51.1 Å². The highest BCUT2D eigenvalue weighted by molar-refractivity contribution is 6.30. The van der Waals surface area contributed by atoms with Crippen LogP contribution in [0.3, 0.4) is 0 Å². The van der Waals surface area contributed by atoms with Crippen LogP contribution in [0.2, 0.25) is 5.02 Å². The second-order valence-corrected chi connectivity index (χ2v) is 10.1. The molecule has 0 spiro atoms. The molecule has 0 radical (unpaired) electrons. The van der Waals surface area contributed by atoms with Crippen LogP contribution in [0, 0.1) is 11.8 Å². The summed E-state index contributed by atoms with van der Waals surface area (Å²) in [5, 5.41) is 4.98. The molecule has 1 aromatic heterocycles. The number of piperidine rings is 2. The minimum atomic E-state index is -0.0485. The third-order valence-corrected chi connectivity index (χ3v) is 7.48. The Morgan fingerprint density at radius 2 is 1.85 bits per heavy atom. The van der Waals surface area contributed by atoms with Crippen molar-refractivity contribution in [2.45, 2.75) is 45.6 Å². The molecule has 2 saturated heterocycles. The number of halogens is 1. The van der Waals surface area contributed by atoms with Gasteiger partial charge in [-0.25, -0.2) is 0 Å². The van der Waals surface area contributed by atoms with Gasteiger partial charge < -0.3 is 14.7 Å². The van der Waals surface area contributed by atoms with Gasteiger partial charge in [-0.3, -0.25) is 14.3 Å².